The van der Waals surface area contributed by atoms with Gasteiger partial charge in [-0.05, 0) is 49.2 Å². The Morgan fingerprint density at radius 1 is 0.974 bits per heavy atom. The first-order valence-electron chi connectivity index (χ1n) is 14.2. The summed E-state index contributed by atoms with van der Waals surface area (Å²) < 4.78 is 11.3. The summed E-state index contributed by atoms with van der Waals surface area (Å²) in [5.74, 6) is -0.773. The number of hydrogen-bond acceptors (Lipinski definition) is 7. The van der Waals surface area contributed by atoms with Gasteiger partial charge in [0, 0.05) is 26.2 Å². The highest BCUT2D eigenvalue weighted by Crippen LogP contribution is 2.36. The quantitative estimate of drug-likeness (QED) is 0.397. The summed E-state index contributed by atoms with van der Waals surface area (Å²) in [6.07, 6.45) is 0.913. The Morgan fingerprint density at radius 3 is 2.21 bits per heavy atom. The Labute approximate surface area is 231 Å². The predicted molar refractivity (Wildman–Crippen MR) is 144 cm³/mol. The molecule has 0 aliphatic carbocycles. The summed E-state index contributed by atoms with van der Waals surface area (Å²) >= 11 is 0. The van der Waals surface area contributed by atoms with E-state index in [1.54, 1.807) is 4.90 Å². The summed E-state index contributed by atoms with van der Waals surface area (Å²) in [4.78, 5) is 56.9. The van der Waals surface area contributed by atoms with Gasteiger partial charge in [-0.25, -0.2) is 19.3 Å². The molecule has 214 valence electrons. The number of amides is 4. The van der Waals surface area contributed by atoms with Crippen molar-refractivity contribution in [3.8, 4) is 0 Å². The van der Waals surface area contributed by atoms with Crippen molar-refractivity contribution in [1.29, 1.82) is 0 Å². The molecule has 3 heterocycles. The van der Waals surface area contributed by atoms with Crippen LogP contribution in [0.4, 0.5) is 9.59 Å². The smallest absolute Gasteiger partial charge is 0.410 e. The number of nitrogens with zero attached hydrogens (tertiary/aromatic N) is 3. The molecule has 10 nitrogen and oxygen atoms in total. The third-order valence-corrected chi connectivity index (χ3v) is 7.99. The molecular formula is C29H42N4O6. The lowest BCUT2D eigenvalue weighted by molar-refractivity contribution is -0.172. The highest BCUT2D eigenvalue weighted by atomic mass is 16.6. The second-order valence-corrected chi connectivity index (χ2v) is 11.5. The number of carbonyl (C=O) groups is 4. The standard InChI is InChI=1S/C29H42N4O6/c1-19(2)25(20(3)4)39-29(37)32-14-12-31(13-15-32)28(36)33-24(23(26(33)34)16-22-10-11-30-17-22)27(35)38-18-21-8-6-5-7-9-21/h5-9,19-20,22-25,30H,10-18H2,1-4H3/t22?,23-,24+/m1/s1. The lowest BCUT2D eigenvalue weighted by Gasteiger charge is -2.47. The molecule has 3 atom stereocenters. The number of likely N-dealkylation sites (tertiary alicyclic amines) is 1. The molecule has 0 spiro atoms. The van der Waals surface area contributed by atoms with Crippen LogP contribution in [0.5, 0.6) is 0 Å². The normalized spacial score (nSPS) is 23.4. The van der Waals surface area contributed by atoms with E-state index in [2.05, 4.69) is 5.32 Å². The van der Waals surface area contributed by atoms with Gasteiger partial charge < -0.3 is 24.6 Å². The summed E-state index contributed by atoms with van der Waals surface area (Å²) in [7, 11) is 0. The molecule has 3 saturated heterocycles. The van der Waals surface area contributed by atoms with Crippen LogP contribution < -0.4 is 5.32 Å². The molecule has 39 heavy (non-hydrogen) atoms. The van der Waals surface area contributed by atoms with Gasteiger partial charge in [0.1, 0.15) is 12.7 Å². The fourth-order valence-corrected chi connectivity index (χ4v) is 5.82. The highest BCUT2D eigenvalue weighted by molar-refractivity contribution is 6.07. The lowest BCUT2D eigenvalue weighted by Crippen LogP contribution is -2.70. The summed E-state index contributed by atoms with van der Waals surface area (Å²) in [5.41, 5.74) is 0.839. The third-order valence-electron chi connectivity index (χ3n) is 7.99. The van der Waals surface area contributed by atoms with Gasteiger partial charge >= 0.3 is 18.1 Å². The largest absolute Gasteiger partial charge is 0.459 e. The van der Waals surface area contributed by atoms with E-state index in [1.165, 1.54) is 4.90 Å². The van der Waals surface area contributed by atoms with E-state index in [9.17, 15) is 19.2 Å². The zero-order valence-corrected chi connectivity index (χ0v) is 23.5. The average Bonchev–Trinajstić information content (AvgIpc) is 3.45. The average molecular weight is 543 g/mol. The van der Waals surface area contributed by atoms with E-state index in [-0.39, 0.29) is 55.6 Å². The van der Waals surface area contributed by atoms with Gasteiger partial charge in [0.05, 0.1) is 5.92 Å². The van der Waals surface area contributed by atoms with E-state index in [4.69, 9.17) is 9.47 Å². The zero-order valence-electron chi connectivity index (χ0n) is 23.5. The molecule has 4 amide bonds. The van der Waals surface area contributed by atoms with Gasteiger partial charge in [0.2, 0.25) is 5.91 Å². The monoisotopic (exact) mass is 542 g/mol. The number of nitrogens with one attached hydrogen (secondary N) is 1. The summed E-state index contributed by atoms with van der Waals surface area (Å²) in [5, 5.41) is 3.30. The molecule has 0 saturated carbocycles. The number of imide groups is 1. The molecule has 0 radical (unpaired) electrons. The Balaban J connectivity index is 1.37. The van der Waals surface area contributed by atoms with Gasteiger partial charge in [-0.15, -0.1) is 0 Å². The third kappa shape index (κ3) is 6.72. The number of β-lactam (4-membered cyclic amide) rings is 1. The molecule has 4 rings (SSSR count). The number of piperazine rings is 1. The number of hydrogen-bond donors (Lipinski definition) is 1. The zero-order chi connectivity index (χ0) is 28.1. The van der Waals surface area contributed by atoms with Crippen molar-refractivity contribution in [1.82, 2.24) is 20.0 Å². The number of carbonyl (C=O) groups excluding carboxylic acids is 4. The van der Waals surface area contributed by atoms with Crippen LogP contribution in [0.2, 0.25) is 0 Å². The highest BCUT2D eigenvalue weighted by Gasteiger charge is 2.56. The molecule has 0 bridgehead atoms. The van der Waals surface area contributed by atoms with Crippen molar-refractivity contribution in [2.45, 2.75) is 59.3 Å². The van der Waals surface area contributed by atoms with E-state index < -0.39 is 24.0 Å². The van der Waals surface area contributed by atoms with Gasteiger partial charge in [0.25, 0.3) is 0 Å². The second kappa shape index (κ2) is 12.8. The Morgan fingerprint density at radius 2 is 1.62 bits per heavy atom. The molecule has 1 N–H and O–H groups in total. The van der Waals surface area contributed by atoms with Crippen LogP contribution in [0.25, 0.3) is 0 Å². The van der Waals surface area contributed by atoms with E-state index in [0.29, 0.717) is 19.5 Å². The predicted octanol–water partition coefficient (Wildman–Crippen LogP) is 3.11. The minimum Gasteiger partial charge on any atom is -0.459 e. The molecule has 1 aromatic rings. The Kier molecular flexibility index (Phi) is 9.48. The van der Waals surface area contributed by atoms with Crippen LogP contribution in [0.15, 0.2) is 30.3 Å². The molecule has 10 heteroatoms. The maximum Gasteiger partial charge on any atom is 0.410 e. The van der Waals surface area contributed by atoms with E-state index in [1.807, 2.05) is 58.0 Å². The minimum absolute atomic E-state index is 0.0820. The van der Waals surface area contributed by atoms with Gasteiger partial charge in [-0.1, -0.05) is 58.0 Å². The fraction of sp³-hybridized carbons (Fsp3) is 0.655. The lowest BCUT2D eigenvalue weighted by atomic mass is 9.80. The molecule has 1 aromatic carbocycles. The van der Waals surface area contributed by atoms with Crippen LogP contribution in [-0.4, -0.2) is 90.1 Å². The number of esters is 1. The van der Waals surface area contributed by atoms with Crippen LogP contribution in [0.3, 0.4) is 0 Å². The van der Waals surface area contributed by atoms with Gasteiger partial charge in [-0.3, -0.25) is 4.79 Å². The Bertz CT molecular complexity index is 1010. The Hall–Kier alpha value is -3.14. The van der Waals surface area contributed by atoms with Crippen molar-refractivity contribution in [3.05, 3.63) is 35.9 Å². The van der Waals surface area contributed by atoms with E-state index in [0.717, 1.165) is 30.0 Å². The van der Waals surface area contributed by atoms with Gasteiger partial charge in [-0.2, -0.15) is 0 Å². The number of urea groups is 1. The number of benzene rings is 1. The van der Waals surface area contributed by atoms with Gasteiger partial charge in [0.15, 0.2) is 6.04 Å². The minimum atomic E-state index is -0.935. The summed E-state index contributed by atoms with van der Waals surface area (Å²) in [6, 6.07) is 7.89. The maximum absolute atomic E-state index is 13.5. The molecular weight excluding hydrogens is 500 g/mol. The van der Waals surface area contributed by atoms with Crippen LogP contribution >= 0.6 is 0 Å². The number of ether oxygens (including phenoxy) is 2. The number of rotatable bonds is 8. The molecule has 3 fully saturated rings. The van der Waals surface area contributed by atoms with E-state index >= 15 is 0 Å². The van der Waals surface area contributed by atoms with Crippen molar-refractivity contribution < 1.29 is 28.7 Å². The van der Waals surface area contributed by atoms with Crippen molar-refractivity contribution in [2.24, 2.45) is 23.7 Å². The van der Waals surface area contributed by atoms with Crippen molar-refractivity contribution in [3.63, 3.8) is 0 Å². The SMILES string of the molecule is CC(C)C(OC(=O)N1CCN(C(=O)N2C(=O)[C@H](CC3CCNC3)[C@H]2C(=O)OCc2ccccc2)CC1)C(C)C. The van der Waals surface area contributed by atoms with Crippen molar-refractivity contribution in [2.75, 3.05) is 39.3 Å². The van der Waals surface area contributed by atoms with Crippen LogP contribution in [0.1, 0.15) is 46.1 Å². The first-order chi connectivity index (χ1) is 18.7. The molecule has 1 unspecified atom stereocenters. The van der Waals surface area contributed by atoms with Crippen LogP contribution in [-0.2, 0) is 25.7 Å². The summed E-state index contributed by atoms with van der Waals surface area (Å²) in [6.45, 7) is 11.0. The molecule has 0 aromatic heterocycles. The molecule has 3 aliphatic heterocycles. The fourth-order valence-electron chi connectivity index (χ4n) is 5.82. The van der Waals surface area contributed by atoms with Crippen molar-refractivity contribution >= 4 is 24.0 Å². The maximum atomic E-state index is 13.5. The second-order valence-electron chi connectivity index (χ2n) is 11.5. The van der Waals surface area contributed by atoms with Crippen LogP contribution in [0, 0.1) is 23.7 Å². The topological polar surface area (TPSA) is 108 Å². The molecule has 3 aliphatic rings. The first kappa shape index (κ1) is 28.9. The first-order valence-corrected chi connectivity index (χ1v) is 14.2.